The van der Waals surface area contributed by atoms with Gasteiger partial charge in [0.05, 0.1) is 11.6 Å². The predicted octanol–water partition coefficient (Wildman–Crippen LogP) is 3.45. The highest BCUT2D eigenvalue weighted by Gasteiger charge is 2.13. The highest BCUT2D eigenvalue weighted by Crippen LogP contribution is 2.20. The SMILES string of the molecule is CC(Nc1ccc2ccccc2n1)c1nnc2ccccn12. The molecule has 108 valence electrons. The predicted molar refractivity (Wildman–Crippen MR) is 86.8 cm³/mol. The molecule has 0 spiro atoms. The van der Waals surface area contributed by atoms with Crippen LogP contribution in [-0.2, 0) is 0 Å². The Hall–Kier alpha value is -2.95. The van der Waals surface area contributed by atoms with Crippen LogP contribution in [0.1, 0.15) is 18.8 Å². The summed E-state index contributed by atoms with van der Waals surface area (Å²) in [5.74, 6) is 1.70. The number of hydrogen-bond acceptors (Lipinski definition) is 4. The quantitative estimate of drug-likeness (QED) is 0.627. The summed E-state index contributed by atoms with van der Waals surface area (Å²) < 4.78 is 1.98. The van der Waals surface area contributed by atoms with Crippen LogP contribution in [-0.4, -0.2) is 19.6 Å². The van der Waals surface area contributed by atoms with Crippen LogP contribution in [0.3, 0.4) is 0 Å². The number of anilines is 1. The molecule has 5 nitrogen and oxygen atoms in total. The Morgan fingerprint density at radius 2 is 1.82 bits per heavy atom. The van der Waals surface area contributed by atoms with Crippen molar-refractivity contribution < 1.29 is 0 Å². The fourth-order valence-corrected chi connectivity index (χ4v) is 2.59. The Balaban J connectivity index is 1.66. The van der Waals surface area contributed by atoms with Crippen LogP contribution in [0.25, 0.3) is 16.6 Å². The van der Waals surface area contributed by atoms with Gasteiger partial charge in [-0.25, -0.2) is 4.98 Å². The van der Waals surface area contributed by atoms with Gasteiger partial charge in [0.2, 0.25) is 0 Å². The molecule has 3 heterocycles. The van der Waals surface area contributed by atoms with Gasteiger partial charge in [0.1, 0.15) is 5.82 Å². The number of benzene rings is 1. The zero-order chi connectivity index (χ0) is 14.9. The summed E-state index contributed by atoms with van der Waals surface area (Å²) in [6.45, 7) is 2.06. The number of hydrogen-bond donors (Lipinski definition) is 1. The number of aromatic nitrogens is 4. The number of fused-ring (bicyclic) bond motifs is 2. The average Bonchev–Trinajstić information content (AvgIpc) is 2.99. The number of nitrogens with zero attached hydrogens (tertiary/aromatic N) is 4. The first-order valence-corrected chi connectivity index (χ1v) is 7.23. The van der Waals surface area contributed by atoms with E-state index in [1.54, 1.807) is 0 Å². The van der Waals surface area contributed by atoms with E-state index in [1.807, 2.05) is 53.1 Å². The second-order valence-corrected chi connectivity index (χ2v) is 5.24. The second-order valence-electron chi connectivity index (χ2n) is 5.24. The third-order valence-corrected chi connectivity index (χ3v) is 3.69. The van der Waals surface area contributed by atoms with E-state index < -0.39 is 0 Å². The molecule has 0 aliphatic rings. The van der Waals surface area contributed by atoms with Crippen LogP contribution in [0.15, 0.2) is 60.8 Å². The van der Waals surface area contributed by atoms with Crippen LogP contribution in [0, 0.1) is 0 Å². The molecule has 0 amide bonds. The molecule has 22 heavy (non-hydrogen) atoms. The van der Waals surface area contributed by atoms with Crippen LogP contribution >= 0.6 is 0 Å². The van der Waals surface area contributed by atoms with Crippen molar-refractivity contribution in [1.82, 2.24) is 19.6 Å². The number of nitrogens with one attached hydrogen (secondary N) is 1. The number of para-hydroxylation sites is 1. The second kappa shape index (κ2) is 5.11. The van der Waals surface area contributed by atoms with Crippen molar-refractivity contribution in [2.75, 3.05) is 5.32 Å². The van der Waals surface area contributed by atoms with E-state index >= 15 is 0 Å². The van der Waals surface area contributed by atoms with Crippen LogP contribution in [0.2, 0.25) is 0 Å². The molecular weight excluding hydrogens is 274 g/mol. The first-order valence-electron chi connectivity index (χ1n) is 7.23. The maximum atomic E-state index is 4.64. The van der Waals surface area contributed by atoms with E-state index in [1.165, 1.54) is 0 Å². The molecule has 0 bridgehead atoms. The first-order chi connectivity index (χ1) is 10.8. The van der Waals surface area contributed by atoms with Crippen LogP contribution in [0.5, 0.6) is 0 Å². The summed E-state index contributed by atoms with van der Waals surface area (Å²) in [4.78, 5) is 4.64. The van der Waals surface area contributed by atoms with E-state index in [4.69, 9.17) is 0 Å². The summed E-state index contributed by atoms with van der Waals surface area (Å²) >= 11 is 0. The minimum atomic E-state index is 0.00561. The smallest absolute Gasteiger partial charge is 0.160 e. The van der Waals surface area contributed by atoms with Crippen molar-refractivity contribution in [3.05, 3.63) is 66.6 Å². The zero-order valence-corrected chi connectivity index (χ0v) is 12.1. The molecule has 1 N–H and O–H groups in total. The van der Waals surface area contributed by atoms with Gasteiger partial charge in [0.25, 0.3) is 0 Å². The topological polar surface area (TPSA) is 55.1 Å². The molecule has 0 fully saturated rings. The Morgan fingerprint density at radius 1 is 0.955 bits per heavy atom. The minimum Gasteiger partial charge on any atom is -0.360 e. The van der Waals surface area contributed by atoms with E-state index in [2.05, 4.69) is 39.6 Å². The van der Waals surface area contributed by atoms with E-state index in [0.29, 0.717) is 0 Å². The lowest BCUT2D eigenvalue weighted by molar-refractivity contribution is 0.769. The summed E-state index contributed by atoms with van der Waals surface area (Å²) in [5.41, 5.74) is 1.82. The van der Waals surface area contributed by atoms with Gasteiger partial charge in [-0.3, -0.25) is 4.40 Å². The number of rotatable bonds is 3. The van der Waals surface area contributed by atoms with Crippen molar-refractivity contribution in [3.8, 4) is 0 Å². The molecular formula is C17H15N5. The van der Waals surface area contributed by atoms with Gasteiger partial charge in [-0.2, -0.15) is 0 Å². The summed E-state index contributed by atoms with van der Waals surface area (Å²) in [7, 11) is 0. The fourth-order valence-electron chi connectivity index (χ4n) is 2.59. The van der Waals surface area contributed by atoms with Crippen molar-refractivity contribution in [3.63, 3.8) is 0 Å². The highest BCUT2D eigenvalue weighted by atomic mass is 15.3. The summed E-state index contributed by atoms with van der Waals surface area (Å²) in [6, 6.07) is 18.0. The molecule has 0 aliphatic carbocycles. The lowest BCUT2D eigenvalue weighted by atomic mass is 10.2. The van der Waals surface area contributed by atoms with Crippen molar-refractivity contribution in [1.29, 1.82) is 0 Å². The van der Waals surface area contributed by atoms with Gasteiger partial charge >= 0.3 is 0 Å². The number of pyridine rings is 2. The van der Waals surface area contributed by atoms with Crippen LogP contribution < -0.4 is 5.32 Å². The normalized spacial score (nSPS) is 12.6. The molecule has 5 heteroatoms. The molecule has 0 saturated heterocycles. The van der Waals surface area contributed by atoms with Gasteiger partial charge in [-0.05, 0) is 37.3 Å². The molecule has 1 unspecified atom stereocenters. The highest BCUT2D eigenvalue weighted by molar-refractivity contribution is 5.80. The minimum absolute atomic E-state index is 0.00561. The zero-order valence-electron chi connectivity index (χ0n) is 12.1. The lowest BCUT2D eigenvalue weighted by Gasteiger charge is -2.13. The third-order valence-electron chi connectivity index (χ3n) is 3.69. The van der Waals surface area contributed by atoms with Gasteiger partial charge in [-0.15, -0.1) is 10.2 Å². The fraction of sp³-hybridized carbons (Fsp3) is 0.118. The third kappa shape index (κ3) is 2.16. The standard InChI is InChI=1S/C17H15N5/c1-12(17-21-20-16-8-4-5-11-22(16)17)18-15-10-9-13-6-2-3-7-14(13)19-15/h2-12H,1H3,(H,18,19). The molecule has 0 radical (unpaired) electrons. The van der Waals surface area contributed by atoms with Crippen molar-refractivity contribution in [2.45, 2.75) is 13.0 Å². The summed E-state index contributed by atoms with van der Waals surface area (Å²) in [6.07, 6.45) is 1.97. The molecule has 1 atom stereocenters. The molecule has 1 aromatic carbocycles. The monoisotopic (exact) mass is 289 g/mol. The maximum absolute atomic E-state index is 4.64. The molecule has 3 aromatic heterocycles. The van der Waals surface area contributed by atoms with E-state index in [0.717, 1.165) is 28.2 Å². The van der Waals surface area contributed by atoms with Gasteiger partial charge in [-0.1, -0.05) is 24.3 Å². The van der Waals surface area contributed by atoms with Gasteiger partial charge < -0.3 is 5.32 Å². The van der Waals surface area contributed by atoms with Gasteiger partial charge in [0, 0.05) is 11.6 Å². The molecule has 0 saturated carbocycles. The average molecular weight is 289 g/mol. The molecule has 4 rings (SSSR count). The molecule has 4 aromatic rings. The Kier molecular flexibility index (Phi) is 2.96. The Labute approximate surface area is 127 Å². The molecule has 0 aliphatic heterocycles. The van der Waals surface area contributed by atoms with E-state index in [9.17, 15) is 0 Å². The largest absolute Gasteiger partial charge is 0.360 e. The van der Waals surface area contributed by atoms with Gasteiger partial charge in [0.15, 0.2) is 11.5 Å². The van der Waals surface area contributed by atoms with Crippen molar-refractivity contribution in [2.24, 2.45) is 0 Å². The van der Waals surface area contributed by atoms with E-state index in [-0.39, 0.29) is 6.04 Å². The van der Waals surface area contributed by atoms with Crippen molar-refractivity contribution >= 4 is 22.4 Å². The maximum Gasteiger partial charge on any atom is 0.160 e. The Morgan fingerprint density at radius 3 is 2.77 bits per heavy atom. The van der Waals surface area contributed by atoms with Crippen LogP contribution in [0.4, 0.5) is 5.82 Å². The lowest BCUT2D eigenvalue weighted by Crippen LogP contribution is -2.11. The first kappa shape index (κ1) is 12.8. The Bertz CT molecular complexity index is 944. The summed E-state index contributed by atoms with van der Waals surface area (Å²) in [5, 5.41) is 13.0.